The third-order valence-corrected chi connectivity index (χ3v) is 2.47. The minimum atomic E-state index is 1.20. The van der Waals surface area contributed by atoms with Gasteiger partial charge in [-0.05, 0) is 0 Å². The lowest BCUT2D eigenvalue weighted by Crippen LogP contribution is -1.83. The molecule has 1 heterocycles. The molecule has 2 rings (SSSR count). The molecule has 0 amide bonds. The molecule has 1 heteroatoms. The summed E-state index contributed by atoms with van der Waals surface area (Å²) < 4.78 is 0. The van der Waals surface area contributed by atoms with Gasteiger partial charge in [0, 0.05) is 0 Å². The van der Waals surface area contributed by atoms with E-state index < -0.39 is 0 Å². The first-order valence-electron chi connectivity index (χ1n) is 3.47. The van der Waals surface area contributed by atoms with Crippen molar-refractivity contribution in [1.82, 2.24) is 0 Å². The predicted octanol–water partition coefficient (Wildman–Crippen LogP) is 1.59. The lowest BCUT2D eigenvalue weighted by atomic mass is 9.99. The lowest BCUT2D eigenvalue weighted by molar-refractivity contribution is 0.561. The highest BCUT2D eigenvalue weighted by molar-refractivity contribution is 6.53. The summed E-state index contributed by atoms with van der Waals surface area (Å²) in [4.78, 5) is 0. The van der Waals surface area contributed by atoms with Crippen molar-refractivity contribution in [3.05, 3.63) is 0 Å². The standard InChI is InChI=1S/C6H11B/c1-2-4-6-5(3-1)7-6/h5-7H,1-4H2. The monoisotopic (exact) mass is 94.1 g/mol. The van der Waals surface area contributed by atoms with Crippen LogP contribution in [0, 0.1) is 0 Å². The van der Waals surface area contributed by atoms with Crippen LogP contribution in [0.5, 0.6) is 0 Å². The molecule has 1 saturated carbocycles. The van der Waals surface area contributed by atoms with Gasteiger partial charge in [0.05, 0.1) is 0 Å². The third-order valence-electron chi connectivity index (χ3n) is 2.47. The van der Waals surface area contributed by atoms with E-state index in [2.05, 4.69) is 0 Å². The Hall–Kier alpha value is 0.0649. The predicted molar refractivity (Wildman–Crippen MR) is 33.1 cm³/mol. The van der Waals surface area contributed by atoms with E-state index in [0.29, 0.717) is 0 Å². The summed E-state index contributed by atoms with van der Waals surface area (Å²) in [6.45, 7) is 0. The summed E-state index contributed by atoms with van der Waals surface area (Å²) >= 11 is 0. The van der Waals surface area contributed by atoms with Crippen LogP contribution in [-0.2, 0) is 0 Å². The van der Waals surface area contributed by atoms with Crippen molar-refractivity contribution in [2.45, 2.75) is 37.3 Å². The molecule has 0 aromatic rings. The summed E-state index contributed by atoms with van der Waals surface area (Å²) in [6.07, 6.45) is 6.18. The minimum absolute atomic E-state index is 1.20. The highest BCUT2D eigenvalue weighted by Gasteiger charge is 2.39. The first-order chi connectivity index (χ1) is 3.47. The molecule has 2 atom stereocenters. The molecule has 0 spiro atoms. The van der Waals surface area contributed by atoms with E-state index in [0.717, 1.165) is 0 Å². The number of fused-ring (bicyclic) bond motifs is 1. The number of hydrogen-bond acceptors (Lipinski definition) is 0. The van der Waals surface area contributed by atoms with Crippen LogP contribution in [0.1, 0.15) is 25.7 Å². The van der Waals surface area contributed by atoms with Gasteiger partial charge in [0.1, 0.15) is 7.28 Å². The largest absolute Gasteiger partial charge is 0.126 e. The van der Waals surface area contributed by atoms with Crippen LogP contribution >= 0.6 is 0 Å². The average molecular weight is 94.0 g/mol. The maximum absolute atomic E-state index is 1.58. The van der Waals surface area contributed by atoms with Gasteiger partial charge in [-0.1, -0.05) is 37.3 Å². The van der Waals surface area contributed by atoms with E-state index in [9.17, 15) is 0 Å². The van der Waals surface area contributed by atoms with Crippen LogP contribution in [0.15, 0.2) is 0 Å². The zero-order valence-corrected chi connectivity index (χ0v) is 4.69. The summed E-state index contributed by atoms with van der Waals surface area (Å²) in [7, 11) is 1.58. The fourth-order valence-electron chi connectivity index (χ4n) is 1.83. The Balaban J connectivity index is 1.95. The first kappa shape index (κ1) is 4.00. The summed E-state index contributed by atoms with van der Waals surface area (Å²) in [6, 6.07) is 0. The van der Waals surface area contributed by atoms with Crippen LogP contribution < -0.4 is 0 Å². The molecule has 0 radical (unpaired) electrons. The molecule has 0 bridgehead atoms. The fourth-order valence-corrected chi connectivity index (χ4v) is 1.83. The SMILES string of the molecule is B1C2CCCCC12. The molecule has 2 fully saturated rings. The highest BCUT2D eigenvalue weighted by Crippen LogP contribution is 2.52. The van der Waals surface area contributed by atoms with E-state index in [-0.39, 0.29) is 0 Å². The maximum atomic E-state index is 1.58. The molecule has 0 nitrogen and oxygen atoms in total. The van der Waals surface area contributed by atoms with Gasteiger partial charge < -0.3 is 0 Å². The first-order valence-corrected chi connectivity index (χ1v) is 3.47. The maximum Gasteiger partial charge on any atom is 0.126 e. The van der Waals surface area contributed by atoms with Gasteiger partial charge in [-0.2, -0.15) is 0 Å². The van der Waals surface area contributed by atoms with Crippen LogP contribution in [0.2, 0.25) is 11.6 Å². The molecule has 1 aliphatic heterocycles. The van der Waals surface area contributed by atoms with Crippen LogP contribution in [0.3, 0.4) is 0 Å². The number of hydrogen-bond donors (Lipinski definition) is 0. The number of rotatable bonds is 0. The zero-order valence-electron chi connectivity index (χ0n) is 4.69. The summed E-state index contributed by atoms with van der Waals surface area (Å²) in [5.41, 5.74) is 0. The van der Waals surface area contributed by atoms with Gasteiger partial charge in [0.15, 0.2) is 0 Å². The third kappa shape index (κ3) is 0.587. The van der Waals surface area contributed by atoms with E-state index in [1.807, 2.05) is 0 Å². The molecule has 38 valence electrons. The summed E-state index contributed by atoms with van der Waals surface area (Å²) in [5, 5.41) is 0. The molecule has 2 unspecified atom stereocenters. The Morgan fingerprint density at radius 1 is 1.00 bits per heavy atom. The van der Waals surface area contributed by atoms with Crippen molar-refractivity contribution in [3.63, 3.8) is 0 Å². The van der Waals surface area contributed by atoms with Crippen molar-refractivity contribution in [1.29, 1.82) is 0 Å². The van der Waals surface area contributed by atoms with Gasteiger partial charge >= 0.3 is 0 Å². The van der Waals surface area contributed by atoms with E-state index in [4.69, 9.17) is 0 Å². The van der Waals surface area contributed by atoms with Gasteiger partial charge in [0.25, 0.3) is 0 Å². The van der Waals surface area contributed by atoms with Crippen LogP contribution in [0.4, 0.5) is 0 Å². The molecule has 1 aliphatic carbocycles. The van der Waals surface area contributed by atoms with Crippen molar-refractivity contribution in [3.8, 4) is 0 Å². The molecule has 0 aromatic heterocycles. The molecule has 2 aliphatic rings. The van der Waals surface area contributed by atoms with Crippen molar-refractivity contribution < 1.29 is 0 Å². The lowest BCUT2D eigenvalue weighted by Gasteiger charge is -2.06. The second-order valence-electron chi connectivity index (χ2n) is 3.04. The molecule has 1 saturated heterocycles. The fraction of sp³-hybridized carbons (Fsp3) is 1.00. The molecule has 0 N–H and O–H groups in total. The highest BCUT2D eigenvalue weighted by atomic mass is 14.3. The van der Waals surface area contributed by atoms with E-state index in [1.54, 1.807) is 20.1 Å². The van der Waals surface area contributed by atoms with E-state index >= 15 is 0 Å². The molecular formula is C6H11B. The quantitative estimate of drug-likeness (QED) is 0.400. The molecule has 7 heavy (non-hydrogen) atoms. The summed E-state index contributed by atoms with van der Waals surface area (Å²) in [5.74, 6) is 2.41. The molecule has 0 aromatic carbocycles. The van der Waals surface area contributed by atoms with Crippen LogP contribution in [-0.4, -0.2) is 7.28 Å². The Labute approximate surface area is 45.5 Å². The van der Waals surface area contributed by atoms with Crippen molar-refractivity contribution in [2.75, 3.05) is 0 Å². The average Bonchev–Trinajstić information content (AvgIpc) is 2.41. The van der Waals surface area contributed by atoms with Gasteiger partial charge in [-0.3, -0.25) is 0 Å². The van der Waals surface area contributed by atoms with Gasteiger partial charge in [0.2, 0.25) is 0 Å². The zero-order chi connectivity index (χ0) is 4.69. The minimum Gasteiger partial charge on any atom is -0.0693 e. The second kappa shape index (κ2) is 1.27. The topological polar surface area (TPSA) is 0 Å². The Bertz CT molecular complexity index is 70.2. The van der Waals surface area contributed by atoms with Crippen molar-refractivity contribution >= 4 is 7.28 Å². The smallest absolute Gasteiger partial charge is 0.0693 e. The van der Waals surface area contributed by atoms with E-state index in [1.165, 1.54) is 24.5 Å². The molecular weight excluding hydrogens is 82.9 g/mol. The van der Waals surface area contributed by atoms with Crippen molar-refractivity contribution in [2.24, 2.45) is 0 Å². The Kier molecular flexibility index (Phi) is 0.725. The van der Waals surface area contributed by atoms with Gasteiger partial charge in [-0.25, -0.2) is 0 Å². The Morgan fingerprint density at radius 2 is 1.57 bits per heavy atom. The Morgan fingerprint density at radius 3 is 2.00 bits per heavy atom. The van der Waals surface area contributed by atoms with Gasteiger partial charge in [-0.15, -0.1) is 0 Å². The second-order valence-corrected chi connectivity index (χ2v) is 3.04. The normalized spacial score (nSPS) is 46.9. The van der Waals surface area contributed by atoms with Crippen LogP contribution in [0.25, 0.3) is 0 Å².